The van der Waals surface area contributed by atoms with Gasteiger partial charge >= 0.3 is 0 Å². The van der Waals surface area contributed by atoms with E-state index >= 15 is 0 Å². The third-order valence-electron chi connectivity index (χ3n) is 3.99. The highest BCUT2D eigenvalue weighted by molar-refractivity contribution is 7.93. The van der Waals surface area contributed by atoms with Crippen LogP contribution >= 0.6 is 11.6 Å². The Morgan fingerprint density at radius 2 is 1.36 bits per heavy atom. The predicted molar refractivity (Wildman–Crippen MR) is 107 cm³/mol. The van der Waals surface area contributed by atoms with Gasteiger partial charge in [0.1, 0.15) is 4.90 Å². The number of aromatic nitrogens is 2. The van der Waals surface area contributed by atoms with E-state index in [1.807, 2.05) is 0 Å². The Bertz CT molecular complexity index is 1200. The Hall–Kier alpha value is -2.56. The van der Waals surface area contributed by atoms with Crippen molar-refractivity contribution in [2.75, 3.05) is 9.44 Å². The molecule has 0 fully saturated rings. The lowest BCUT2D eigenvalue weighted by Crippen LogP contribution is -2.15. The Labute approximate surface area is 168 Å². The van der Waals surface area contributed by atoms with Crippen molar-refractivity contribution in [1.29, 1.82) is 0 Å². The predicted octanol–water partition coefficient (Wildman–Crippen LogP) is 2.98. The van der Waals surface area contributed by atoms with Crippen LogP contribution in [-0.4, -0.2) is 26.6 Å². The average Bonchev–Trinajstić information content (AvgIpc) is 2.97. The molecule has 3 aromatic rings. The van der Waals surface area contributed by atoms with Crippen LogP contribution in [0.15, 0.2) is 64.5 Å². The number of nitrogens with one attached hydrogen (secondary N) is 2. The molecule has 1 aromatic heterocycles. The average molecular weight is 441 g/mol. The molecular weight excluding hydrogens is 424 g/mol. The van der Waals surface area contributed by atoms with Gasteiger partial charge in [-0.25, -0.2) is 16.8 Å². The van der Waals surface area contributed by atoms with Gasteiger partial charge in [-0.15, -0.1) is 0 Å². The molecule has 0 aliphatic carbocycles. The number of nitrogens with zero attached hydrogens (tertiary/aromatic N) is 2. The molecule has 11 heteroatoms. The zero-order chi connectivity index (χ0) is 20.5. The van der Waals surface area contributed by atoms with E-state index in [1.54, 1.807) is 38.2 Å². The fraction of sp³-hybridized carbons (Fsp3) is 0.118. The Balaban J connectivity index is 1.79. The molecule has 0 amide bonds. The summed E-state index contributed by atoms with van der Waals surface area (Å²) >= 11 is 5.79. The van der Waals surface area contributed by atoms with Crippen molar-refractivity contribution in [1.82, 2.24) is 9.78 Å². The molecule has 2 N–H and O–H groups in total. The second-order valence-corrected chi connectivity index (χ2v) is 9.73. The lowest BCUT2D eigenvalue weighted by atomic mass is 10.3. The summed E-state index contributed by atoms with van der Waals surface area (Å²) in [4.78, 5) is 0.0408. The normalized spacial score (nSPS) is 12.0. The molecule has 0 saturated heterocycles. The monoisotopic (exact) mass is 440 g/mol. The summed E-state index contributed by atoms with van der Waals surface area (Å²) in [7, 11) is -6.02. The molecule has 0 radical (unpaired) electrons. The maximum atomic E-state index is 12.5. The molecule has 0 saturated carbocycles. The minimum absolute atomic E-state index is 0.0112. The van der Waals surface area contributed by atoms with Crippen LogP contribution in [0.5, 0.6) is 0 Å². The Kier molecular flexibility index (Phi) is 5.37. The summed E-state index contributed by atoms with van der Waals surface area (Å²) in [5, 5.41) is 4.41. The van der Waals surface area contributed by atoms with Crippen LogP contribution in [0.2, 0.25) is 5.02 Å². The molecule has 3 rings (SSSR count). The summed E-state index contributed by atoms with van der Waals surface area (Å²) in [5.74, 6) is 0. The number of anilines is 2. The van der Waals surface area contributed by atoms with Crippen molar-refractivity contribution in [3.63, 3.8) is 0 Å². The van der Waals surface area contributed by atoms with E-state index in [4.69, 9.17) is 11.6 Å². The second-order valence-electron chi connectivity index (χ2n) is 5.96. The summed E-state index contributed by atoms with van der Waals surface area (Å²) in [6, 6.07) is 11.6. The van der Waals surface area contributed by atoms with E-state index in [-0.39, 0.29) is 15.5 Å². The summed E-state index contributed by atoms with van der Waals surface area (Å²) < 4.78 is 56.2. The molecule has 0 spiro atoms. The highest BCUT2D eigenvalue weighted by atomic mass is 35.5. The number of benzene rings is 2. The Morgan fingerprint density at radius 1 is 0.857 bits per heavy atom. The highest BCUT2D eigenvalue weighted by Gasteiger charge is 2.21. The first-order valence-electron chi connectivity index (χ1n) is 7.98. The first-order chi connectivity index (χ1) is 13.1. The molecule has 1 heterocycles. The second kappa shape index (κ2) is 7.46. The van der Waals surface area contributed by atoms with Gasteiger partial charge in [-0.05, 0) is 55.5 Å². The van der Waals surface area contributed by atoms with Gasteiger partial charge in [-0.3, -0.25) is 14.1 Å². The van der Waals surface area contributed by atoms with E-state index in [9.17, 15) is 16.8 Å². The first kappa shape index (κ1) is 20.2. The smallest absolute Gasteiger partial charge is 0.265 e. The van der Waals surface area contributed by atoms with E-state index in [2.05, 4.69) is 14.5 Å². The number of hydrogen-bond acceptors (Lipinski definition) is 5. The van der Waals surface area contributed by atoms with Crippen LogP contribution in [0.3, 0.4) is 0 Å². The topological polar surface area (TPSA) is 110 Å². The molecule has 0 aliphatic rings. The van der Waals surface area contributed by atoms with Crippen molar-refractivity contribution in [2.45, 2.75) is 16.7 Å². The number of aryl methyl sites for hydroxylation is 1. The molecule has 0 unspecified atom stereocenters. The molecule has 0 atom stereocenters. The van der Waals surface area contributed by atoms with Gasteiger partial charge in [0.15, 0.2) is 0 Å². The zero-order valence-corrected chi connectivity index (χ0v) is 17.3. The zero-order valence-electron chi connectivity index (χ0n) is 14.9. The number of halogens is 1. The van der Waals surface area contributed by atoms with Gasteiger partial charge < -0.3 is 0 Å². The van der Waals surface area contributed by atoms with Crippen LogP contribution < -0.4 is 9.44 Å². The largest absolute Gasteiger partial charge is 0.280 e. The van der Waals surface area contributed by atoms with Gasteiger partial charge in [0.2, 0.25) is 0 Å². The van der Waals surface area contributed by atoms with Gasteiger partial charge in [0.25, 0.3) is 20.0 Å². The summed E-state index contributed by atoms with van der Waals surface area (Å²) in [6.45, 7) is 1.64. The van der Waals surface area contributed by atoms with Crippen LogP contribution in [0, 0.1) is 6.92 Å². The maximum absolute atomic E-state index is 12.5. The fourth-order valence-corrected chi connectivity index (χ4v) is 4.83. The van der Waals surface area contributed by atoms with Gasteiger partial charge in [0, 0.05) is 23.4 Å². The molecule has 2 aromatic carbocycles. The van der Waals surface area contributed by atoms with Gasteiger partial charge in [0.05, 0.1) is 16.8 Å². The van der Waals surface area contributed by atoms with E-state index < -0.39 is 20.0 Å². The van der Waals surface area contributed by atoms with Gasteiger partial charge in [-0.2, -0.15) is 5.10 Å². The minimum atomic E-state index is -3.84. The van der Waals surface area contributed by atoms with Crippen molar-refractivity contribution in [3.05, 3.63) is 65.4 Å². The molecule has 0 aliphatic heterocycles. The number of hydrogen-bond donors (Lipinski definition) is 2. The Morgan fingerprint density at radius 3 is 1.86 bits per heavy atom. The molecule has 28 heavy (non-hydrogen) atoms. The van der Waals surface area contributed by atoms with Crippen LogP contribution in [0.4, 0.5) is 11.4 Å². The van der Waals surface area contributed by atoms with Crippen molar-refractivity contribution in [2.24, 2.45) is 7.05 Å². The van der Waals surface area contributed by atoms with E-state index in [0.29, 0.717) is 16.4 Å². The lowest BCUT2D eigenvalue weighted by Gasteiger charge is -2.10. The van der Waals surface area contributed by atoms with Crippen molar-refractivity contribution < 1.29 is 16.8 Å². The molecular formula is C17H17ClN4O4S2. The van der Waals surface area contributed by atoms with Crippen LogP contribution in [-0.2, 0) is 27.1 Å². The maximum Gasteiger partial charge on any atom is 0.265 e. The lowest BCUT2D eigenvalue weighted by molar-refractivity contribution is 0.599. The van der Waals surface area contributed by atoms with Crippen LogP contribution in [0.1, 0.15) is 5.69 Å². The number of sulfonamides is 2. The quantitative estimate of drug-likeness (QED) is 0.612. The first-order valence-corrected chi connectivity index (χ1v) is 11.3. The fourth-order valence-electron chi connectivity index (χ4n) is 2.39. The van der Waals surface area contributed by atoms with Crippen LogP contribution in [0.25, 0.3) is 0 Å². The molecule has 8 nitrogen and oxygen atoms in total. The van der Waals surface area contributed by atoms with Crippen molar-refractivity contribution >= 4 is 43.0 Å². The van der Waals surface area contributed by atoms with Gasteiger partial charge in [-0.1, -0.05) is 11.6 Å². The standard InChI is InChI=1S/C17H17ClN4O4S2/c1-12-17(11-19-22(12)2)28(25,26)21-15-7-9-16(10-8-15)27(23,24)20-14-5-3-13(18)4-6-14/h3-11,20-21H,1-2H3. The number of rotatable bonds is 6. The third kappa shape index (κ3) is 4.29. The summed E-state index contributed by atoms with van der Waals surface area (Å²) in [6.07, 6.45) is 1.26. The van der Waals surface area contributed by atoms with Crippen molar-refractivity contribution in [3.8, 4) is 0 Å². The highest BCUT2D eigenvalue weighted by Crippen LogP contribution is 2.22. The SMILES string of the molecule is Cc1c(S(=O)(=O)Nc2ccc(S(=O)(=O)Nc3ccc(Cl)cc3)cc2)cnn1C. The molecule has 148 valence electrons. The minimum Gasteiger partial charge on any atom is -0.280 e. The summed E-state index contributed by atoms with van der Waals surface area (Å²) in [5.41, 5.74) is 1.08. The third-order valence-corrected chi connectivity index (χ3v) is 7.13. The van der Waals surface area contributed by atoms with E-state index in [0.717, 1.165) is 0 Å². The van der Waals surface area contributed by atoms with E-state index in [1.165, 1.54) is 35.1 Å². The molecule has 0 bridgehead atoms.